The molecule has 0 spiro atoms. The second-order valence-electron chi connectivity index (χ2n) is 5.85. The molecule has 1 heterocycles. The number of nitrogens with zero attached hydrogens (tertiary/aromatic N) is 1. The summed E-state index contributed by atoms with van der Waals surface area (Å²) in [6.07, 6.45) is 8.79. The van der Waals surface area contributed by atoms with Gasteiger partial charge in [0.25, 0.3) is 0 Å². The minimum atomic E-state index is -0.0648. The van der Waals surface area contributed by atoms with E-state index in [1.165, 1.54) is 19.3 Å². The summed E-state index contributed by atoms with van der Waals surface area (Å²) >= 11 is 3.50. The third-order valence-electron chi connectivity index (χ3n) is 4.13. The first-order valence-electron chi connectivity index (χ1n) is 7.23. The number of aromatic nitrogens is 2. The molecule has 0 saturated heterocycles. The van der Waals surface area contributed by atoms with E-state index in [2.05, 4.69) is 38.0 Å². The molecule has 1 aliphatic rings. The Labute approximate surface area is 128 Å². The highest BCUT2D eigenvalue weighted by Crippen LogP contribution is 2.29. The van der Waals surface area contributed by atoms with Crippen LogP contribution < -0.4 is 5.73 Å². The predicted octanol–water partition coefficient (Wildman–Crippen LogP) is 4.04. The highest BCUT2D eigenvalue weighted by Gasteiger charge is 2.28. The van der Waals surface area contributed by atoms with E-state index in [-0.39, 0.29) is 5.54 Å². The number of hydrogen-bond donors (Lipinski definition) is 2. The van der Waals surface area contributed by atoms with Gasteiger partial charge in [-0.25, -0.2) is 4.98 Å². The van der Waals surface area contributed by atoms with Crippen LogP contribution in [0.25, 0.3) is 11.3 Å². The summed E-state index contributed by atoms with van der Waals surface area (Å²) in [5, 5.41) is 0. The number of H-pyrrole nitrogens is 1. The molecule has 3 nitrogen and oxygen atoms in total. The number of benzene rings is 1. The summed E-state index contributed by atoms with van der Waals surface area (Å²) in [6.45, 7) is 0. The van der Waals surface area contributed by atoms with E-state index >= 15 is 0 Å². The van der Waals surface area contributed by atoms with Gasteiger partial charge in [0.1, 0.15) is 5.82 Å². The first-order valence-corrected chi connectivity index (χ1v) is 8.03. The smallest absolute Gasteiger partial charge is 0.108 e. The van der Waals surface area contributed by atoms with Crippen LogP contribution in [0.1, 0.15) is 37.9 Å². The van der Waals surface area contributed by atoms with Crippen molar-refractivity contribution in [1.29, 1.82) is 0 Å². The fourth-order valence-corrected chi connectivity index (χ4v) is 3.42. The molecule has 1 aromatic heterocycles. The zero-order valence-electron chi connectivity index (χ0n) is 11.5. The Morgan fingerprint density at radius 3 is 2.80 bits per heavy atom. The van der Waals surface area contributed by atoms with Crippen LogP contribution in [0, 0.1) is 0 Å². The number of aromatic amines is 1. The van der Waals surface area contributed by atoms with E-state index < -0.39 is 0 Å². The Balaban J connectivity index is 1.77. The lowest BCUT2D eigenvalue weighted by Gasteiger charge is -2.32. The number of nitrogens with one attached hydrogen (secondary N) is 1. The monoisotopic (exact) mass is 333 g/mol. The van der Waals surface area contributed by atoms with E-state index in [0.717, 1.165) is 40.8 Å². The summed E-state index contributed by atoms with van der Waals surface area (Å²) in [5.74, 6) is 1.00. The molecular formula is C16H20BrN3. The van der Waals surface area contributed by atoms with Crippen LogP contribution in [-0.4, -0.2) is 15.5 Å². The topological polar surface area (TPSA) is 54.7 Å². The largest absolute Gasteiger partial charge is 0.342 e. The fraction of sp³-hybridized carbons (Fsp3) is 0.438. The van der Waals surface area contributed by atoms with Gasteiger partial charge in [0.15, 0.2) is 0 Å². The highest BCUT2D eigenvalue weighted by atomic mass is 79.9. The Bertz CT molecular complexity index is 585. The van der Waals surface area contributed by atoms with Gasteiger partial charge in [-0.3, -0.25) is 0 Å². The van der Waals surface area contributed by atoms with Crippen LogP contribution in [0.5, 0.6) is 0 Å². The van der Waals surface area contributed by atoms with Gasteiger partial charge in [-0.05, 0) is 25.0 Å². The Hall–Kier alpha value is -1.13. The molecule has 0 unspecified atom stereocenters. The van der Waals surface area contributed by atoms with Crippen molar-refractivity contribution >= 4 is 15.9 Å². The molecule has 0 aliphatic heterocycles. The molecule has 3 N–H and O–H groups in total. The van der Waals surface area contributed by atoms with Crippen molar-refractivity contribution in [3.05, 3.63) is 40.8 Å². The number of nitrogens with two attached hydrogens (primary N) is 1. The molecule has 3 rings (SSSR count). The highest BCUT2D eigenvalue weighted by molar-refractivity contribution is 9.10. The fourth-order valence-electron chi connectivity index (χ4n) is 3.02. The van der Waals surface area contributed by atoms with Crippen LogP contribution >= 0.6 is 15.9 Å². The van der Waals surface area contributed by atoms with Crippen LogP contribution in [0.2, 0.25) is 0 Å². The van der Waals surface area contributed by atoms with Crippen molar-refractivity contribution in [3.8, 4) is 11.3 Å². The number of hydrogen-bond acceptors (Lipinski definition) is 2. The summed E-state index contributed by atoms with van der Waals surface area (Å²) in [7, 11) is 0. The summed E-state index contributed by atoms with van der Waals surface area (Å²) in [5.41, 5.74) is 8.63. The molecule has 0 radical (unpaired) electrons. The summed E-state index contributed by atoms with van der Waals surface area (Å²) in [6, 6.07) is 8.24. The average molecular weight is 334 g/mol. The van der Waals surface area contributed by atoms with Crippen molar-refractivity contribution in [2.24, 2.45) is 5.73 Å². The lowest BCUT2D eigenvalue weighted by Crippen LogP contribution is -2.44. The van der Waals surface area contributed by atoms with Gasteiger partial charge >= 0.3 is 0 Å². The first-order chi connectivity index (χ1) is 9.65. The second kappa shape index (κ2) is 5.70. The Kier molecular flexibility index (Phi) is 3.94. The maximum Gasteiger partial charge on any atom is 0.108 e. The van der Waals surface area contributed by atoms with Gasteiger partial charge in [0.05, 0.1) is 11.9 Å². The standard InChI is InChI=1S/C16H20BrN3/c17-13-6-4-5-12(9-13)14-11-19-15(20-14)10-16(18)7-2-1-3-8-16/h4-6,9,11H,1-3,7-8,10,18H2,(H,19,20). The molecule has 0 bridgehead atoms. The molecule has 106 valence electrons. The van der Waals surface area contributed by atoms with Gasteiger partial charge in [0, 0.05) is 22.0 Å². The lowest BCUT2D eigenvalue weighted by molar-refractivity contribution is 0.290. The minimum absolute atomic E-state index is 0.0648. The van der Waals surface area contributed by atoms with Crippen molar-refractivity contribution in [1.82, 2.24) is 9.97 Å². The van der Waals surface area contributed by atoms with E-state index in [0.29, 0.717) is 0 Å². The van der Waals surface area contributed by atoms with E-state index in [1.807, 2.05) is 18.3 Å². The molecular weight excluding hydrogens is 314 g/mol. The molecule has 1 fully saturated rings. The van der Waals surface area contributed by atoms with Gasteiger partial charge in [-0.15, -0.1) is 0 Å². The van der Waals surface area contributed by atoms with Gasteiger partial charge in [0.2, 0.25) is 0 Å². The lowest BCUT2D eigenvalue weighted by atomic mass is 9.80. The van der Waals surface area contributed by atoms with Crippen LogP contribution in [0.15, 0.2) is 34.9 Å². The van der Waals surface area contributed by atoms with E-state index in [4.69, 9.17) is 5.73 Å². The predicted molar refractivity (Wildman–Crippen MR) is 85.4 cm³/mol. The number of rotatable bonds is 3. The quantitative estimate of drug-likeness (QED) is 0.890. The maximum atomic E-state index is 6.50. The van der Waals surface area contributed by atoms with E-state index in [1.54, 1.807) is 0 Å². The zero-order chi connectivity index (χ0) is 14.0. The third kappa shape index (κ3) is 3.13. The van der Waals surface area contributed by atoms with Crippen molar-refractivity contribution in [3.63, 3.8) is 0 Å². The molecule has 1 aromatic carbocycles. The minimum Gasteiger partial charge on any atom is -0.342 e. The molecule has 2 aromatic rings. The average Bonchev–Trinajstić information content (AvgIpc) is 2.87. The number of halogens is 1. The zero-order valence-corrected chi connectivity index (χ0v) is 13.1. The normalized spacial score (nSPS) is 18.1. The van der Waals surface area contributed by atoms with Crippen LogP contribution in [-0.2, 0) is 6.42 Å². The molecule has 0 atom stereocenters. The molecule has 0 amide bonds. The second-order valence-corrected chi connectivity index (χ2v) is 6.77. The maximum absolute atomic E-state index is 6.50. The van der Waals surface area contributed by atoms with Crippen LogP contribution in [0.4, 0.5) is 0 Å². The van der Waals surface area contributed by atoms with Gasteiger partial charge in [-0.2, -0.15) is 0 Å². The molecule has 4 heteroatoms. The first kappa shape index (κ1) is 13.8. The van der Waals surface area contributed by atoms with Crippen molar-refractivity contribution in [2.75, 3.05) is 0 Å². The van der Waals surface area contributed by atoms with Gasteiger partial charge in [-0.1, -0.05) is 47.3 Å². The van der Waals surface area contributed by atoms with Crippen LogP contribution in [0.3, 0.4) is 0 Å². The van der Waals surface area contributed by atoms with Crippen molar-refractivity contribution < 1.29 is 0 Å². The number of imidazole rings is 1. The third-order valence-corrected chi connectivity index (χ3v) is 4.63. The van der Waals surface area contributed by atoms with Crippen molar-refractivity contribution in [2.45, 2.75) is 44.1 Å². The summed E-state index contributed by atoms with van der Waals surface area (Å²) < 4.78 is 1.08. The SMILES string of the molecule is NC1(Cc2ncc(-c3cccc(Br)c3)[nH]2)CCCCC1. The van der Waals surface area contributed by atoms with Gasteiger partial charge < -0.3 is 10.7 Å². The Morgan fingerprint density at radius 2 is 2.05 bits per heavy atom. The molecule has 1 aliphatic carbocycles. The Morgan fingerprint density at radius 1 is 1.25 bits per heavy atom. The van der Waals surface area contributed by atoms with E-state index in [9.17, 15) is 0 Å². The molecule has 20 heavy (non-hydrogen) atoms. The molecule has 1 saturated carbocycles. The summed E-state index contributed by atoms with van der Waals surface area (Å²) in [4.78, 5) is 7.93.